The summed E-state index contributed by atoms with van der Waals surface area (Å²) in [6, 6.07) is 3.37. The van der Waals surface area contributed by atoms with Gasteiger partial charge in [0.25, 0.3) is 5.56 Å². The average molecular weight is 377 g/mol. The minimum absolute atomic E-state index is 0.0724. The van der Waals surface area contributed by atoms with Crippen molar-refractivity contribution >= 4 is 29.0 Å². The molecule has 0 N–H and O–H groups in total. The predicted molar refractivity (Wildman–Crippen MR) is 104 cm³/mol. The van der Waals surface area contributed by atoms with Crippen LogP contribution in [0.1, 0.15) is 43.4 Å². The van der Waals surface area contributed by atoms with E-state index in [-0.39, 0.29) is 23.4 Å². The van der Waals surface area contributed by atoms with Crippen molar-refractivity contribution < 1.29 is 4.79 Å². The second-order valence-corrected chi connectivity index (χ2v) is 7.25. The number of aryl methyl sites for hydroxylation is 1. The molecule has 3 rings (SSSR count). The van der Waals surface area contributed by atoms with E-state index >= 15 is 0 Å². The number of amides is 1. The summed E-state index contributed by atoms with van der Waals surface area (Å²) >= 11 is 5.71. The smallest absolute Gasteiger partial charge is 0.259 e. The van der Waals surface area contributed by atoms with Crippen molar-refractivity contribution in [2.24, 2.45) is 0 Å². The zero-order valence-electron chi connectivity index (χ0n) is 15.5. The Morgan fingerprint density at radius 2 is 2.00 bits per heavy atom. The van der Waals surface area contributed by atoms with Crippen molar-refractivity contribution in [3.63, 3.8) is 0 Å². The molecule has 1 saturated heterocycles. The maximum Gasteiger partial charge on any atom is 0.259 e. The van der Waals surface area contributed by atoms with Gasteiger partial charge in [-0.3, -0.25) is 14.0 Å². The number of carbonyl (C=O) groups is 1. The Kier molecular flexibility index (Phi) is 5.51. The molecule has 26 heavy (non-hydrogen) atoms. The van der Waals surface area contributed by atoms with Gasteiger partial charge >= 0.3 is 0 Å². The molecule has 2 aromatic rings. The Morgan fingerprint density at radius 1 is 1.31 bits per heavy atom. The first-order valence-corrected chi connectivity index (χ1v) is 9.56. The summed E-state index contributed by atoms with van der Waals surface area (Å²) in [6.07, 6.45) is 5.25. The number of aromatic nitrogens is 2. The van der Waals surface area contributed by atoms with Gasteiger partial charge in [-0.25, -0.2) is 4.98 Å². The second-order valence-electron chi connectivity index (χ2n) is 6.98. The Hall–Kier alpha value is -2.08. The molecule has 1 fully saturated rings. The molecule has 7 heteroatoms. The molecule has 0 spiro atoms. The lowest BCUT2D eigenvalue weighted by atomic mass is 10.1. The fourth-order valence-electron chi connectivity index (χ4n) is 3.47. The molecule has 0 aliphatic carbocycles. The van der Waals surface area contributed by atoms with E-state index in [4.69, 9.17) is 16.6 Å². The molecule has 3 heterocycles. The van der Waals surface area contributed by atoms with Crippen LogP contribution < -0.4 is 10.5 Å². The van der Waals surface area contributed by atoms with Crippen LogP contribution in [0.2, 0.25) is 0 Å². The van der Waals surface area contributed by atoms with Gasteiger partial charge in [0.05, 0.1) is 6.04 Å². The molecule has 1 atom stereocenters. The number of nitrogens with zero attached hydrogens (tertiary/aromatic N) is 4. The zero-order valence-corrected chi connectivity index (χ0v) is 16.3. The van der Waals surface area contributed by atoms with Gasteiger partial charge < -0.3 is 9.80 Å². The van der Waals surface area contributed by atoms with Crippen molar-refractivity contribution in [3.05, 3.63) is 39.8 Å². The van der Waals surface area contributed by atoms with Gasteiger partial charge in [-0.15, -0.1) is 11.6 Å². The van der Waals surface area contributed by atoms with Crippen molar-refractivity contribution in [1.82, 2.24) is 14.3 Å². The van der Waals surface area contributed by atoms with Crippen LogP contribution in [0.5, 0.6) is 0 Å². The van der Waals surface area contributed by atoms with Crippen LogP contribution in [0.3, 0.4) is 0 Å². The summed E-state index contributed by atoms with van der Waals surface area (Å²) in [7, 11) is 1.72. The number of piperidine rings is 1. The highest BCUT2D eigenvalue weighted by Gasteiger charge is 2.22. The molecule has 140 valence electrons. The number of hydrogen-bond donors (Lipinski definition) is 0. The summed E-state index contributed by atoms with van der Waals surface area (Å²) in [5.41, 5.74) is 2.30. The van der Waals surface area contributed by atoms with Gasteiger partial charge in [0.1, 0.15) is 17.3 Å². The Morgan fingerprint density at radius 3 is 2.65 bits per heavy atom. The van der Waals surface area contributed by atoms with Gasteiger partial charge in [0, 0.05) is 38.0 Å². The van der Waals surface area contributed by atoms with E-state index in [1.807, 2.05) is 19.9 Å². The number of halogens is 1. The molecule has 6 nitrogen and oxygen atoms in total. The number of anilines is 1. The lowest BCUT2D eigenvalue weighted by Crippen LogP contribution is -2.33. The van der Waals surface area contributed by atoms with Gasteiger partial charge in [-0.2, -0.15) is 0 Å². The molecule has 0 radical (unpaired) electrons. The van der Waals surface area contributed by atoms with Crippen LogP contribution in [0.15, 0.2) is 23.1 Å². The molecule has 1 unspecified atom stereocenters. The molecule has 1 aliphatic heterocycles. The number of hydrogen-bond acceptors (Lipinski definition) is 4. The predicted octanol–water partition coefficient (Wildman–Crippen LogP) is 2.75. The molecule has 1 amide bonds. The van der Waals surface area contributed by atoms with E-state index in [2.05, 4.69) is 4.90 Å². The van der Waals surface area contributed by atoms with E-state index in [1.54, 1.807) is 28.6 Å². The SMILES string of the molecule is Cc1cc(C(C)N(C)C(=O)CCl)c2nc(N3CCCCC3)cc(=O)n2c1. The summed E-state index contributed by atoms with van der Waals surface area (Å²) in [4.78, 5) is 33.3. The van der Waals surface area contributed by atoms with Crippen LogP contribution in [0.4, 0.5) is 5.82 Å². The second kappa shape index (κ2) is 7.66. The van der Waals surface area contributed by atoms with Gasteiger partial charge in [-0.05, 0) is 44.7 Å². The monoisotopic (exact) mass is 376 g/mol. The van der Waals surface area contributed by atoms with E-state index in [0.717, 1.165) is 42.9 Å². The van der Waals surface area contributed by atoms with Crippen LogP contribution in [-0.4, -0.2) is 46.2 Å². The number of alkyl halides is 1. The van der Waals surface area contributed by atoms with Crippen LogP contribution >= 0.6 is 11.6 Å². The van der Waals surface area contributed by atoms with Crippen LogP contribution in [-0.2, 0) is 4.79 Å². The van der Waals surface area contributed by atoms with Crippen molar-refractivity contribution in [1.29, 1.82) is 0 Å². The van der Waals surface area contributed by atoms with Gasteiger partial charge in [0.2, 0.25) is 5.91 Å². The van der Waals surface area contributed by atoms with Gasteiger partial charge in [-0.1, -0.05) is 0 Å². The maximum atomic E-state index is 12.7. The lowest BCUT2D eigenvalue weighted by Gasteiger charge is -2.29. The summed E-state index contributed by atoms with van der Waals surface area (Å²) < 4.78 is 1.58. The third kappa shape index (κ3) is 3.56. The third-order valence-electron chi connectivity index (χ3n) is 5.13. The van der Waals surface area contributed by atoms with Crippen LogP contribution in [0.25, 0.3) is 5.65 Å². The third-order valence-corrected chi connectivity index (χ3v) is 5.36. The number of fused-ring (bicyclic) bond motifs is 1. The highest BCUT2D eigenvalue weighted by molar-refractivity contribution is 6.27. The fraction of sp³-hybridized carbons (Fsp3) is 0.526. The van der Waals surface area contributed by atoms with Crippen molar-refractivity contribution in [2.75, 3.05) is 30.9 Å². The highest BCUT2D eigenvalue weighted by atomic mass is 35.5. The number of rotatable bonds is 4. The summed E-state index contributed by atoms with van der Waals surface area (Å²) in [5.74, 6) is 0.489. The molecule has 0 saturated carbocycles. The van der Waals surface area contributed by atoms with Gasteiger partial charge in [0.15, 0.2) is 0 Å². The Labute approximate surface area is 158 Å². The van der Waals surface area contributed by atoms with E-state index in [0.29, 0.717) is 5.65 Å². The minimum atomic E-state index is -0.236. The number of carbonyl (C=O) groups excluding carboxylic acids is 1. The van der Waals surface area contributed by atoms with E-state index in [9.17, 15) is 9.59 Å². The molecule has 2 aromatic heterocycles. The fourth-order valence-corrected chi connectivity index (χ4v) is 3.66. The molecular formula is C19H25ClN4O2. The summed E-state index contributed by atoms with van der Waals surface area (Å²) in [5, 5.41) is 0. The lowest BCUT2D eigenvalue weighted by molar-refractivity contribution is -0.129. The zero-order chi connectivity index (χ0) is 18.8. The van der Waals surface area contributed by atoms with E-state index in [1.165, 1.54) is 6.42 Å². The highest BCUT2D eigenvalue weighted by Crippen LogP contribution is 2.25. The van der Waals surface area contributed by atoms with E-state index < -0.39 is 0 Å². The largest absolute Gasteiger partial charge is 0.356 e. The quantitative estimate of drug-likeness (QED) is 0.770. The maximum absolute atomic E-state index is 12.7. The first kappa shape index (κ1) is 18.7. The van der Waals surface area contributed by atoms with Crippen molar-refractivity contribution in [3.8, 4) is 0 Å². The number of pyridine rings is 1. The van der Waals surface area contributed by atoms with Crippen LogP contribution in [0, 0.1) is 6.92 Å². The summed E-state index contributed by atoms with van der Waals surface area (Å²) in [6.45, 7) is 5.71. The first-order chi connectivity index (χ1) is 12.4. The topological polar surface area (TPSA) is 57.9 Å². The first-order valence-electron chi connectivity index (χ1n) is 9.03. The normalized spacial score (nSPS) is 15.9. The molecule has 0 bridgehead atoms. The minimum Gasteiger partial charge on any atom is -0.356 e. The Balaban J connectivity index is 2.13. The molecular weight excluding hydrogens is 352 g/mol. The average Bonchev–Trinajstić information content (AvgIpc) is 2.66. The Bertz CT molecular complexity index is 874. The standard InChI is InChI=1S/C19H25ClN4O2/c1-13-9-15(14(2)22(3)18(26)11-20)19-21-16(10-17(25)24(19)12-13)23-7-5-4-6-8-23/h9-10,12,14H,4-8,11H2,1-3H3. The van der Waals surface area contributed by atoms with Crippen molar-refractivity contribution in [2.45, 2.75) is 39.2 Å². The molecule has 1 aliphatic rings. The molecule has 0 aromatic carbocycles.